The topological polar surface area (TPSA) is 35.0 Å². The van der Waals surface area contributed by atoms with Crippen molar-refractivity contribution < 1.29 is 17.9 Å². The van der Waals surface area contributed by atoms with Crippen molar-refractivity contribution in [3.8, 4) is 17.1 Å². The molecule has 0 fully saturated rings. The van der Waals surface area contributed by atoms with Gasteiger partial charge in [0.15, 0.2) is 5.82 Å². The summed E-state index contributed by atoms with van der Waals surface area (Å²) in [5, 5.41) is 0. The zero-order valence-corrected chi connectivity index (χ0v) is 14.1. The molecule has 1 aromatic carbocycles. The molecule has 2 aromatic rings. The molecule has 0 aliphatic carbocycles. The van der Waals surface area contributed by atoms with Gasteiger partial charge in [0.1, 0.15) is 12.4 Å². The van der Waals surface area contributed by atoms with Crippen molar-refractivity contribution in [1.29, 1.82) is 0 Å². The van der Waals surface area contributed by atoms with Crippen molar-refractivity contribution in [2.24, 2.45) is 0 Å². The van der Waals surface area contributed by atoms with Gasteiger partial charge >= 0.3 is 6.18 Å². The monoisotopic (exact) mass is 350 g/mol. The lowest BCUT2D eigenvalue weighted by atomic mass is 10.1. The first-order chi connectivity index (χ1) is 12.0. The van der Waals surface area contributed by atoms with Gasteiger partial charge in [0.05, 0.1) is 0 Å². The predicted molar refractivity (Wildman–Crippen MR) is 91.4 cm³/mol. The molecule has 6 heteroatoms. The van der Waals surface area contributed by atoms with Gasteiger partial charge in [-0.3, -0.25) is 0 Å². The van der Waals surface area contributed by atoms with Crippen LogP contribution in [-0.2, 0) is 6.42 Å². The van der Waals surface area contributed by atoms with E-state index in [1.54, 1.807) is 24.3 Å². The first-order valence-electron chi connectivity index (χ1n) is 8.26. The number of alkyl halides is 3. The second kappa shape index (κ2) is 9.20. The molecule has 0 saturated heterocycles. The molecule has 0 atom stereocenters. The third kappa shape index (κ3) is 6.95. The van der Waals surface area contributed by atoms with E-state index in [1.807, 2.05) is 12.4 Å². The minimum atomic E-state index is -4.31. The lowest BCUT2D eigenvalue weighted by Crippen LogP contribution is -2.02. The highest BCUT2D eigenvalue weighted by Crippen LogP contribution is 2.20. The van der Waals surface area contributed by atoms with Gasteiger partial charge in [-0.2, -0.15) is 13.2 Å². The summed E-state index contributed by atoms with van der Waals surface area (Å²) in [5.74, 6) is 1.11. The number of benzene rings is 1. The highest BCUT2D eigenvalue weighted by atomic mass is 19.4. The summed E-state index contributed by atoms with van der Waals surface area (Å²) in [7, 11) is 0. The van der Waals surface area contributed by atoms with E-state index in [4.69, 9.17) is 4.74 Å². The van der Waals surface area contributed by atoms with Crippen LogP contribution in [0.15, 0.2) is 48.8 Å². The summed E-state index contributed by atoms with van der Waals surface area (Å²) in [4.78, 5) is 8.74. The molecule has 3 nitrogen and oxygen atoms in total. The standard InChI is InChI=1S/C19H21F3N2O/c1-2-3-4-6-15-13-23-18(24-14-15)16-7-9-17(10-8-16)25-12-5-11-19(20,21)22/h5,7-11,13-14H,2-4,6,12H2,1H3. The lowest BCUT2D eigenvalue weighted by molar-refractivity contribution is -0.0801. The van der Waals surface area contributed by atoms with E-state index in [-0.39, 0.29) is 12.7 Å². The number of nitrogens with zero attached hydrogens (tertiary/aromatic N) is 2. The van der Waals surface area contributed by atoms with Crippen molar-refractivity contribution >= 4 is 0 Å². The molecule has 1 aromatic heterocycles. The molecule has 2 rings (SSSR count). The maximum absolute atomic E-state index is 12.0. The molecule has 0 bridgehead atoms. The quantitative estimate of drug-likeness (QED) is 0.474. The largest absolute Gasteiger partial charge is 0.490 e. The smallest absolute Gasteiger partial charge is 0.409 e. The van der Waals surface area contributed by atoms with Crippen LogP contribution in [0.2, 0.25) is 0 Å². The Kier molecular flexibility index (Phi) is 6.98. The number of aromatic nitrogens is 2. The van der Waals surface area contributed by atoms with Gasteiger partial charge in [0.25, 0.3) is 0 Å². The molecule has 0 unspecified atom stereocenters. The van der Waals surface area contributed by atoms with Crippen molar-refractivity contribution in [3.05, 3.63) is 54.4 Å². The van der Waals surface area contributed by atoms with Gasteiger partial charge in [-0.1, -0.05) is 19.8 Å². The van der Waals surface area contributed by atoms with Crippen molar-refractivity contribution in [2.45, 2.75) is 38.8 Å². The van der Waals surface area contributed by atoms with E-state index in [1.165, 1.54) is 12.8 Å². The van der Waals surface area contributed by atoms with E-state index in [0.717, 1.165) is 30.0 Å². The van der Waals surface area contributed by atoms with Crippen LogP contribution in [0.25, 0.3) is 11.4 Å². The molecule has 25 heavy (non-hydrogen) atoms. The fourth-order valence-electron chi connectivity index (χ4n) is 2.24. The Morgan fingerprint density at radius 3 is 2.32 bits per heavy atom. The second-order valence-electron chi connectivity index (χ2n) is 5.65. The normalized spacial score (nSPS) is 11.8. The van der Waals surface area contributed by atoms with E-state index < -0.39 is 6.18 Å². The van der Waals surface area contributed by atoms with Crippen LogP contribution in [0.3, 0.4) is 0 Å². The maximum atomic E-state index is 12.0. The van der Waals surface area contributed by atoms with E-state index in [0.29, 0.717) is 11.6 Å². The first kappa shape index (κ1) is 19.0. The number of ether oxygens (including phenoxy) is 1. The summed E-state index contributed by atoms with van der Waals surface area (Å²) in [6.07, 6.45) is 4.95. The first-order valence-corrected chi connectivity index (χ1v) is 8.26. The summed E-state index contributed by atoms with van der Waals surface area (Å²) in [5.41, 5.74) is 1.95. The Labute approximate surface area is 145 Å². The Balaban J connectivity index is 1.90. The van der Waals surface area contributed by atoms with Crippen LogP contribution in [0.1, 0.15) is 31.7 Å². The number of unbranched alkanes of at least 4 members (excludes halogenated alkanes) is 2. The van der Waals surface area contributed by atoms with Gasteiger partial charge in [-0.05, 0) is 48.7 Å². The molecule has 0 spiro atoms. The van der Waals surface area contributed by atoms with Crippen molar-refractivity contribution in [3.63, 3.8) is 0 Å². The van der Waals surface area contributed by atoms with Gasteiger partial charge in [-0.25, -0.2) is 9.97 Å². The number of allylic oxidation sites excluding steroid dienone is 1. The minimum Gasteiger partial charge on any atom is -0.490 e. The van der Waals surface area contributed by atoms with E-state index in [2.05, 4.69) is 16.9 Å². The number of hydrogen-bond acceptors (Lipinski definition) is 3. The molecular weight excluding hydrogens is 329 g/mol. The van der Waals surface area contributed by atoms with E-state index in [9.17, 15) is 13.2 Å². The minimum absolute atomic E-state index is 0.137. The molecule has 1 heterocycles. The number of halogens is 3. The Morgan fingerprint density at radius 1 is 1.04 bits per heavy atom. The highest BCUT2D eigenvalue weighted by molar-refractivity contribution is 5.55. The van der Waals surface area contributed by atoms with Crippen molar-refractivity contribution in [2.75, 3.05) is 6.61 Å². The lowest BCUT2D eigenvalue weighted by Gasteiger charge is -2.06. The average Bonchev–Trinajstić information content (AvgIpc) is 2.59. The van der Waals surface area contributed by atoms with Crippen LogP contribution >= 0.6 is 0 Å². The van der Waals surface area contributed by atoms with Gasteiger partial charge in [0.2, 0.25) is 0 Å². The Bertz CT molecular complexity index is 665. The zero-order valence-electron chi connectivity index (χ0n) is 14.1. The molecule has 0 saturated carbocycles. The number of aryl methyl sites for hydroxylation is 1. The van der Waals surface area contributed by atoms with Crippen LogP contribution in [0.4, 0.5) is 13.2 Å². The molecule has 0 aliphatic rings. The zero-order chi connectivity index (χ0) is 18.1. The fraction of sp³-hybridized carbons (Fsp3) is 0.368. The molecular formula is C19H21F3N2O. The fourth-order valence-corrected chi connectivity index (χ4v) is 2.24. The SMILES string of the molecule is CCCCCc1cnc(-c2ccc(OCC=CC(F)(F)F)cc2)nc1. The summed E-state index contributed by atoms with van der Waals surface area (Å²) in [6.45, 7) is 2.03. The maximum Gasteiger partial charge on any atom is 0.409 e. The van der Waals surface area contributed by atoms with Crippen LogP contribution in [0.5, 0.6) is 5.75 Å². The third-order valence-corrected chi connectivity index (χ3v) is 3.54. The average molecular weight is 350 g/mol. The Morgan fingerprint density at radius 2 is 1.72 bits per heavy atom. The third-order valence-electron chi connectivity index (χ3n) is 3.54. The van der Waals surface area contributed by atoms with Crippen LogP contribution in [0, 0.1) is 0 Å². The molecule has 0 aliphatic heterocycles. The van der Waals surface area contributed by atoms with Crippen LogP contribution < -0.4 is 4.74 Å². The predicted octanol–water partition coefficient (Wildman–Crippen LogP) is 5.37. The summed E-state index contributed by atoms with van der Waals surface area (Å²) >= 11 is 0. The summed E-state index contributed by atoms with van der Waals surface area (Å²) < 4.78 is 41.2. The van der Waals surface area contributed by atoms with Gasteiger partial charge < -0.3 is 4.74 Å². The van der Waals surface area contributed by atoms with E-state index >= 15 is 0 Å². The van der Waals surface area contributed by atoms with Gasteiger partial charge in [0, 0.05) is 24.0 Å². The highest BCUT2D eigenvalue weighted by Gasteiger charge is 2.21. The number of hydrogen-bond donors (Lipinski definition) is 0. The molecule has 0 N–H and O–H groups in total. The summed E-state index contributed by atoms with van der Waals surface area (Å²) in [6, 6.07) is 6.95. The van der Waals surface area contributed by atoms with Crippen LogP contribution in [-0.4, -0.2) is 22.8 Å². The second-order valence-corrected chi connectivity index (χ2v) is 5.65. The van der Waals surface area contributed by atoms with Crippen molar-refractivity contribution in [1.82, 2.24) is 9.97 Å². The molecule has 134 valence electrons. The van der Waals surface area contributed by atoms with Gasteiger partial charge in [-0.15, -0.1) is 0 Å². The number of rotatable bonds is 8. The Hall–Kier alpha value is -2.37. The molecule has 0 amide bonds. The molecule has 0 radical (unpaired) electrons.